The highest BCUT2D eigenvalue weighted by molar-refractivity contribution is 5.76. The van der Waals surface area contributed by atoms with Gasteiger partial charge in [-0.15, -0.1) is 0 Å². The normalized spacial score (nSPS) is 16.2. The van der Waals surface area contributed by atoms with E-state index in [1.165, 1.54) is 0 Å². The van der Waals surface area contributed by atoms with Crippen LogP contribution in [0, 0.1) is 11.3 Å². The molecule has 0 saturated heterocycles. The number of nitrogens with one attached hydrogen (secondary N) is 1. The zero-order valence-corrected chi connectivity index (χ0v) is 11.3. The van der Waals surface area contributed by atoms with Crippen molar-refractivity contribution in [3.63, 3.8) is 0 Å². The van der Waals surface area contributed by atoms with Gasteiger partial charge in [-0.2, -0.15) is 13.2 Å². The molecule has 0 fully saturated rings. The van der Waals surface area contributed by atoms with E-state index in [2.05, 4.69) is 5.32 Å². The highest BCUT2D eigenvalue weighted by Crippen LogP contribution is 2.25. The van der Waals surface area contributed by atoms with Crippen molar-refractivity contribution >= 4 is 5.91 Å². The van der Waals surface area contributed by atoms with Gasteiger partial charge in [0.15, 0.2) is 6.10 Å². The van der Waals surface area contributed by atoms with E-state index < -0.39 is 24.7 Å². The molecule has 0 aliphatic heterocycles. The lowest BCUT2D eigenvalue weighted by atomic mass is 9.84. The van der Waals surface area contributed by atoms with Crippen LogP contribution in [-0.4, -0.2) is 29.8 Å². The van der Waals surface area contributed by atoms with Gasteiger partial charge in [0.2, 0.25) is 5.91 Å². The van der Waals surface area contributed by atoms with Crippen LogP contribution in [0.2, 0.25) is 0 Å². The monoisotopic (exact) mass is 269 g/mol. The summed E-state index contributed by atoms with van der Waals surface area (Å²) >= 11 is 0. The third-order valence-corrected chi connectivity index (χ3v) is 2.37. The van der Waals surface area contributed by atoms with Gasteiger partial charge in [0.05, 0.1) is 6.54 Å². The lowest BCUT2D eigenvalue weighted by molar-refractivity contribution is -0.201. The van der Waals surface area contributed by atoms with Crippen LogP contribution >= 0.6 is 0 Å². The van der Waals surface area contributed by atoms with Gasteiger partial charge in [-0.05, 0) is 17.8 Å². The van der Waals surface area contributed by atoms with Gasteiger partial charge in [0.25, 0.3) is 0 Å². The van der Waals surface area contributed by atoms with E-state index in [1.54, 1.807) is 0 Å². The Morgan fingerprint density at radius 1 is 1.28 bits per heavy atom. The molecule has 0 radical (unpaired) electrons. The molecule has 0 rings (SSSR count). The fourth-order valence-corrected chi connectivity index (χ4v) is 1.83. The maximum absolute atomic E-state index is 12.0. The van der Waals surface area contributed by atoms with Crippen molar-refractivity contribution in [2.45, 2.75) is 52.8 Å². The number of aliphatic hydroxyl groups is 1. The van der Waals surface area contributed by atoms with Crippen LogP contribution in [-0.2, 0) is 4.79 Å². The molecule has 0 spiro atoms. The van der Waals surface area contributed by atoms with Crippen LogP contribution in [0.15, 0.2) is 0 Å². The summed E-state index contributed by atoms with van der Waals surface area (Å²) in [5, 5.41) is 10.8. The van der Waals surface area contributed by atoms with Crippen LogP contribution < -0.4 is 5.32 Å². The van der Waals surface area contributed by atoms with E-state index >= 15 is 0 Å². The summed E-state index contributed by atoms with van der Waals surface area (Å²) < 4.78 is 35.9. The average Bonchev–Trinajstić information content (AvgIpc) is 2.08. The van der Waals surface area contributed by atoms with Gasteiger partial charge in [0, 0.05) is 6.42 Å². The third kappa shape index (κ3) is 8.33. The van der Waals surface area contributed by atoms with E-state index in [-0.39, 0.29) is 17.8 Å². The van der Waals surface area contributed by atoms with Gasteiger partial charge < -0.3 is 10.4 Å². The van der Waals surface area contributed by atoms with E-state index in [1.807, 2.05) is 27.7 Å². The Bertz CT molecular complexity index is 271. The molecule has 0 aromatic carbocycles. The molecule has 6 heteroatoms. The quantitative estimate of drug-likeness (QED) is 0.805. The fourth-order valence-electron chi connectivity index (χ4n) is 1.83. The Morgan fingerprint density at radius 2 is 1.78 bits per heavy atom. The maximum atomic E-state index is 12.0. The minimum absolute atomic E-state index is 0.0746. The molecule has 0 saturated carbocycles. The third-order valence-electron chi connectivity index (χ3n) is 2.37. The Morgan fingerprint density at radius 3 is 2.17 bits per heavy atom. The zero-order chi connectivity index (χ0) is 14.6. The molecular weight excluding hydrogens is 247 g/mol. The molecule has 108 valence electrons. The summed E-state index contributed by atoms with van der Waals surface area (Å²) in [7, 11) is 0. The molecule has 0 aliphatic rings. The second-order valence-electron chi connectivity index (χ2n) is 5.94. The van der Waals surface area contributed by atoms with E-state index in [4.69, 9.17) is 5.11 Å². The topological polar surface area (TPSA) is 49.3 Å². The van der Waals surface area contributed by atoms with Crippen molar-refractivity contribution in [2.75, 3.05) is 6.54 Å². The Hall–Kier alpha value is -0.780. The number of aliphatic hydroxyl groups excluding tert-OH is 1. The fraction of sp³-hybridized carbons (Fsp3) is 0.917. The zero-order valence-electron chi connectivity index (χ0n) is 11.3. The van der Waals surface area contributed by atoms with Crippen LogP contribution in [0.5, 0.6) is 0 Å². The summed E-state index contributed by atoms with van der Waals surface area (Å²) in [6.07, 6.45) is -6.21. The number of carbonyl (C=O) groups is 1. The second kappa shape index (κ2) is 6.41. The summed E-state index contributed by atoms with van der Waals surface area (Å²) in [5.74, 6) is -0.372. The molecular formula is C12H22F3NO2. The van der Waals surface area contributed by atoms with Crippen LogP contribution in [0.1, 0.15) is 40.5 Å². The number of alkyl halides is 3. The predicted octanol–water partition coefficient (Wildman–Crippen LogP) is 2.49. The first kappa shape index (κ1) is 17.2. The van der Waals surface area contributed by atoms with Gasteiger partial charge in [-0.25, -0.2) is 0 Å². The van der Waals surface area contributed by atoms with Crippen LogP contribution in [0.25, 0.3) is 0 Å². The van der Waals surface area contributed by atoms with Crippen molar-refractivity contribution in [3.8, 4) is 0 Å². The first-order valence-electron chi connectivity index (χ1n) is 5.93. The minimum atomic E-state index is -4.69. The molecule has 2 atom stereocenters. The molecule has 1 amide bonds. The molecule has 2 N–H and O–H groups in total. The Labute approximate surface area is 106 Å². The van der Waals surface area contributed by atoms with Gasteiger partial charge >= 0.3 is 6.18 Å². The SMILES string of the molecule is CC(CC(=O)NCC(O)C(F)(F)F)CC(C)(C)C. The number of carbonyl (C=O) groups excluding carboxylic acids is 1. The summed E-state index contributed by atoms with van der Waals surface area (Å²) in [6.45, 7) is 7.20. The standard InChI is InChI=1S/C12H22F3NO2/c1-8(6-11(2,3)4)5-10(18)16-7-9(17)12(13,14)15/h8-9,17H,5-7H2,1-4H3,(H,16,18). The number of hydrogen-bond donors (Lipinski definition) is 2. The number of halogens is 3. The highest BCUT2D eigenvalue weighted by Gasteiger charge is 2.38. The van der Waals surface area contributed by atoms with E-state index in [0.717, 1.165) is 6.42 Å². The van der Waals surface area contributed by atoms with Crippen molar-refractivity contribution in [2.24, 2.45) is 11.3 Å². The van der Waals surface area contributed by atoms with Crippen molar-refractivity contribution < 1.29 is 23.1 Å². The van der Waals surface area contributed by atoms with Crippen molar-refractivity contribution in [1.82, 2.24) is 5.32 Å². The first-order chi connectivity index (χ1) is 7.92. The summed E-state index contributed by atoms with van der Waals surface area (Å²) in [6, 6.07) is 0. The smallest absolute Gasteiger partial charge is 0.382 e. The molecule has 0 heterocycles. The van der Waals surface area contributed by atoms with Gasteiger partial charge in [-0.1, -0.05) is 27.7 Å². The largest absolute Gasteiger partial charge is 0.416 e. The molecule has 3 nitrogen and oxygen atoms in total. The molecule has 0 bridgehead atoms. The molecule has 2 unspecified atom stereocenters. The van der Waals surface area contributed by atoms with Crippen LogP contribution in [0.4, 0.5) is 13.2 Å². The second-order valence-corrected chi connectivity index (χ2v) is 5.94. The molecule has 0 aliphatic carbocycles. The lowest BCUT2D eigenvalue weighted by Gasteiger charge is -2.23. The Kier molecular flexibility index (Phi) is 6.13. The molecule has 0 aromatic rings. The first-order valence-corrected chi connectivity index (χ1v) is 5.93. The predicted molar refractivity (Wildman–Crippen MR) is 62.9 cm³/mol. The summed E-state index contributed by atoms with van der Waals surface area (Å²) in [4.78, 5) is 11.4. The van der Waals surface area contributed by atoms with Crippen molar-refractivity contribution in [3.05, 3.63) is 0 Å². The number of hydrogen-bond acceptors (Lipinski definition) is 2. The average molecular weight is 269 g/mol. The number of amides is 1. The molecule has 18 heavy (non-hydrogen) atoms. The van der Waals surface area contributed by atoms with Gasteiger partial charge in [0.1, 0.15) is 0 Å². The lowest BCUT2D eigenvalue weighted by Crippen LogP contribution is -2.41. The molecule has 0 aromatic heterocycles. The Balaban J connectivity index is 3.99. The van der Waals surface area contributed by atoms with E-state index in [9.17, 15) is 18.0 Å². The number of rotatable bonds is 5. The summed E-state index contributed by atoms with van der Waals surface area (Å²) in [5.41, 5.74) is 0.0746. The van der Waals surface area contributed by atoms with Crippen molar-refractivity contribution in [1.29, 1.82) is 0 Å². The minimum Gasteiger partial charge on any atom is -0.382 e. The highest BCUT2D eigenvalue weighted by atomic mass is 19.4. The van der Waals surface area contributed by atoms with E-state index in [0.29, 0.717) is 0 Å². The maximum Gasteiger partial charge on any atom is 0.416 e. The van der Waals surface area contributed by atoms with Crippen LogP contribution in [0.3, 0.4) is 0 Å². The van der Waals surface area contributed by atoms with Gasteiger partial charge in [-0.3, -0.25) is 4.79 Å².